The number of nitriles is 1. The third kappa shape index (κ3) is 4.92. The van der Waals surface area contributed by atoms with Crippen LogP contribution >= 0.6 is 11.9 Å². The number of nitrogens with zero attached hydrogens (tertiary/aromatic N) is 1. The topological polar surface area (TPSA) is 76.3 Å². The van der Waals surface area contributed by atoms with Crippen LogP contribution in [0.3, 0.4) is 0 Å². The molecule has 0 radical (unpaired) electrons. The van der Waals surface area contributed by atoms with Crippen LogP contribution in [0.15, 0.2) is 53.4 Å². The second-order valence-corrected chi connectivity index (χ2v) is 5.47. The van der Waals surface area contributed by atoms with Crippen molar-refractivity contribution >= 4 is 24.5 Å². The SMILES string of the molecule is N#Cc1cccc(SNCCc2ccc(B(O)O)cc2)c1. The highest BCUT2D eigenvalue weighted by Crippen LogP contribution is 2.15. The van der Waals surface area contributed by atoms with Crippen LogP contribution in [0.2, 0.25) is 0 Å². The summed E-state index contributed by atoms with van der Waals surface area (Å²) in [5, 5.41) is 26.9. The molecule has 0 spiro atoms. The van der Waals surface area contributed by atoms with E-state index in [0.29, 0.717) is 11.0 Å². The summed E-state index contributed by atoms with van der Waals surface area (Å²) >= 11 is 1.50. The Kier molecular flexibility index (Phi) is 5.84. The van der Waals surface area contributed by atoms with Crippen molar-refractivity contribution in [3.8, 4) is 6.07 Å². The van der Waals surface area contributed by atoms with Crippen LogP contribution in [-0.2, 0) is 6.42 Å². The molecule has 0 aliphatic rings. The van der Waals surface area contributed by atoms with E-state index in [9.17, 15) is 0 Å². The number of rotatable bonds is 6. The number of nitrogens with one attached hydrogen (secondary N) is 1. The molecule has 2 rings (SSSR count). The molecule has 21 heavy (non-hydrogen) atoms. The van der Waals surface area contributed by atoms with E-state index < -0.39 is 7.12 Å². The zero-order chi connectivity index (χ0) is 15.1. The van der Waals surface area contributed by atoms with E-state index in [-0.39, 0.29) is 0 Å². The normalized spacial score (nSPS) is 10.1. The summed E-state index contributed by atoms with van der Waals surface area (Å²) in [6.07, 6.45) is 0.840. The third-order valence-electron chi connectivity index (χ3n) is 2.95. The highest BCUT2D eigenvalue weighted by Gasteiger charge is 2.09. The molecule has 0 amide bonds. The molecule has 0 aliphatic heterocycles. The van der Waals surface area contributed by atoms with Gasteiger partial charge in [0.25, 0.3) is 0 Å². The molecule has 0 saturated carbocycles. The average Bonchev–Trinajstić information content (AvgIpc) is 2.52. The minimum absolute atomic E-state index is 0.495. The van der Waals surface area contributed by atoms with Crippen molar-refractivity contribution in [1.29, 1.82) is 5.26 Å². The third-order valence-corrected chi connectivity index (χ3v) is 3.78. The summed E-state index contributed by atoms with van der Waals surface area (Å²) in [4.78, 5) is 1.01. The highest BCUT2D eigenvalue weighted by atomic mass is 32.2. The van der Waals surface area contributed by atoms with Crippen LogP contribution in [0.25, 0.3) is 0 Å². The molecule has 0 aromatic heterocycles. The summed E-state index contributed by atoms with van der Waals surface area (Å²) in [6.45, 7) is 0.780. The zero-order valence-electron chi connectivity index (χ0n) is 11.4. The molecule has 3 N–H and O–H groups in total. The Bertz CT molecular complexity index is 626. The van der Waals surface area contributed by atoms with E-state index in [1.165, 1.54) is 11.9 Å². The molecule has 0 bridgehead atoms. The molecule has 2 aromatic rings. The van der Waals surface area contributed by atoms with Gasteiger partial charge in [-0.2, -0.15) is 5.26 Å². The summed E-state index contributed by atoms with van der Waals surface area (Å²) in [7, 11) is -1.42. The lowest BCUT2D eigenvalue weighted by Gasteiger charge is -2.06. The maximum Gasteiger partial charge on any atom is 0.488 e. The first-order chi connectivity index (χ1) is 10.2. The fraction of sp³-hybridized carbons (Fsp3) is 0.133. The molecule has 0 saturated heterocycles. The lowest BCUT2D eigenvalue weighted by molar-refractivity contribution is 0.426. The fourth-order valence-electron chi connectivity index (χ4n) is 1.82. The van der Waals surface area contributed by atoms with Gasteiger partial charge in [0.2, 0.25) is 0 Å². The molecular weight excluding hydrogens is 283 g/mol. The lowest BCUT2D eigenvalue weighted by atomic mass is 9.80. The van der Waals surface area contributed by atoms with Crippen molar-refractivity contribution in [1.82, 2.24) is 4.72 Å². The molecule has 0 heterocycles. The van der Waals surface area contributed by atoms with Gasteiger partial charge < -0.3 is 10.0 Å². The van der Waals surface area contributed by atoms with E-state index in [0.717, 1.165) is 23.4 Å². The Labute approximate surface area is 128 Å². The molecule has 0 atom stereocenters. The van der Waals surface area contributed by atoms with Crippen LogP contribution in [-0.4, -0.2) is 23.7 Å². The minimum Gasteiger partial charge on any atom is -0.423 e. The summed E-state index contributed by atoms with van der Waals surface area (Å²) in [5.74, 6) is 0. The molecular formula is C15H15BN2O2S. The van der Waals surface area contributed by atoms with Crippen LogP contribution in [0.5, 0.6) is 0 Å². The number of benzene rings is 2. The van der Waals surface area contributed by atoms with E-state index in [2.05, 4.69) is 10.8 Å². The quantitative estimate of drug-likeness (QED) is 0.423. The summed E-state index contributed by atoms with van der Waals surface area (Å²) in [5.41, 5.74) is 2.27. The molecule has 4 nitrogen and oxygen atoms in total. The van der Waals surface area contributed by atoms with E-state index in [4.69, 9.17) is 15.3 Å². The summed E-state index contributed by atoms with van der Waals surface area (Å²) in [6, 6.07) is 16.8. The first-order valence-corrected chi connectivity index (χ1v) is 7.35. The van der Waals surface area contributed by atoms with Gasteiger partial charge in [-0.05, 0) is 47.6 Å². The van der Waals surface area contributed by atoms with Crippen LogP contribution < -0.4 is 10.2 Å². The largest absolute Gasteiger partial charge is 0.488 e. The summed E-state index contributed by atoms with van der Waals surface area (Å²) < 4.78 is 3.25. The Morgan fingerprint density at radius 1 is 1.14 bits per heavy atom. The van der Waals surface area contributed by atoms with Crippen molar-refractivity contribution in [2.45, 2.75) is 11.3 Å². The van der Waals surface area contributed by atoms with E-state index in [1.807, 2.05) is 30.3 Å². The number of hydrogen-bond acceptors (Lipinski definition) is 5. The Morgan fingerprint density at radius 2 is 1.90 bits per heavy atom. The maximum atomic E-state index is 9.01. The van der Waals surface area contributed by atoms with Gasteiger partial charge in [0.05, 0.1) is 11.6 Å². The lowest BCUT2D eigenvalue weighted by Crippen LogP contribution is -2.29. The van der Waals surface area contributed by atoms with Crippen LogP contribution in [0.1, 0.15) is 11.1 Å². The van der Waals surface area contributed by atoms with Crippen LogP contribution in [0.4, 0.5) is 0 Å². The van der Waals surface area contributed by atoms with Crippen molar-refractivity contribution < 1.29 is 10.0 Å². The fourth-order valence-corrected chi connectivity index (χ4v) is 2.52. The van der Waals surface area contributed by atoms with Crippen molar-refractivity contribution in [3.05, 3.63) is 59.7 Å². The van der Waals surface area contributed by atoms with Crippen molar-refractivity contribution in [2.75, 3.05) is 6.54 Å². The standard InChI is InChI=1S/C15H15BN2O2S/c17-11-13-2-1-3-15(10-13)21-18-9-8-12-4-6-14(7-5-12)16(19)20/h1-7,10,18-20H,8-9H2. The molecule has 0 unspecified atom stereocenters. The Hall–Kier alpha value is -1.78. The molecule has 0 aliphatic carbocycles. The van der Waals surface area contributed by atoms with Gasteiger partial charge in [-0.1, -0.05) is 30.3 Å². The zero-order valence-corrected chi connectivity index (χ0v) is 12.2. The van der Waals surface area contributed by atoms with Gasteiger partial charge in [-0.25, -0.2) is 0 Å². The van der Waals surface area contributed by atoms with Gasteiger partial charge >= 0.3 is 7.12 Å². The number of hydrogen-bond donors (Lipinski definition) is 3. The second-order valence-electron chi connectivity index (χ2n) is 4.50. The van der Waals surface area contributed by atoms with Crippen LogP contribution in [0, 0.1) is 11.3 Å². The molecule has 106 valence electrons. The van der Waals surface area contributed by atoms with Crippen molar-refractivity contribution in [2.24, 2.45) is 0 Å². The first kappa shape index (κ1) is 15.6. The smallest absolute Gasteiger partial charge is 0.423 e. The maximum absolute atomic E-state index is 9.01. The molecule has 0 fully saturated rings. The van der Waals surface area contributed by atoms with Gasteiger partial charge in [0, 0.05) is 11.4 Å². The minimum atomic E-state index is -1.42. The Morgan fingerprint density at radius 3 is 2.57 bits per heavy atom. The van der Waals surface area contributed by atoms with Gasteiger partial charge in [-0.15, -0.1) is 0 Å². The van der Waals surface area contributed by atoms with Gasteiger partial charge in [0.1, 0.15) is 0 Å². The van der Waals surface area contributed by atoms with Crippen molar-refractivity contribution in [3.63, 3.8) is 0 Å². The molecule has 6 heteroatoms. The predicted octanol–water partition coefficient (Wildman–Crippen LogP) is 1.08. The van der Waals surface area contributed by atoms with Gasteiger partial charge in [-0.3, -0.25) is 4.72 Å². The second kappa shape index (κ2) is 7.86. The average molecular weight is 298 g/mol. The van der Waals surface area contributed by atoms with E-state index in [1.54, 1.807) is 18.2 Å². The Balaban J connectivity index is 1.78. The highest BCUT2D eigenvalue weighted by molar-refractivity contribution is 7.97. The molecule has 2 aromatic carbocycles. The monoisotopic (exact) mass is 298 g/mol. The van der Waals surface area contributed by atoms with E-state index >= 15 is 0 Å². The predicted molar refractivity (Wildman–Crippen MR) is 85.0 cm³/mol. The first-order valence-electron chi connectivity index (χ1n) is 6.54. The van der Waals surface area contributed by atoms with Gasteiger partial charge in [0.15, 0.2) is 0 Å².